The van der Waals surface area contributed by atoms with E-state index in [9.17, 15) is 18.0 Å². The van der Waals surface area contributed by atoms with Crippen LogP contribution in [0.1, 0.15) is 31.0 Å². The summed E-state index contributed by atoms with van der Waals surface area (Å²) in [5.41, 5.74) is 2.99. The van der Waals surface area contributed by atoms with Crippen molar-refractivity contribution in [1.82, 2.24) is 14.9 Å². The topological polar surface area (TPSA) is 144 Å². The van der Waals surface area contributed by atoms with E-state index in [-0.39, 0.29) is 16.3 Å². The molecule has 0 saturated heterocycles. The minimum Gasteiger partial charge on any atom is -0.455 e. The fourth-order valence-electron chi connectivity index (χ4n) is 4.46. The molecule has 0 unspecified atom stereocenters. The van der Waals surface area contributed by atoms with Crippen molar-refractivity contribution in [2.75, 3.05) is 5.32 Å². The summed E-state index contributed by atoms with van der Waals surface area (Å²) in [6.45, 7) is 4.71. The highest BCUT2D eigenvalue weighted by Crippen LogP contribution is 2.36. The van der Waals surface area contributed by atoms with Gasteiger partial charge in [-0.15, -0.1) is 0 Å². The van der Waals surface area contributed by atoms with Crippen LogP contribution in [-0.4, -0.2) is 24.5 Å². The number of nitrogens with zero attached hydrogens (tertiary/aromatic N) is 2. The molecule has 1 amide bonds. The molecule has 10 nitrogen and oxygen atoms in total. The molecule has 5 rings (SSSR count). The number of fused-ring (bicyclic) bond motifs is 1. The maximum atomic E-state index is 13.9. The molecule has 12 heteroatoms. The van der Waals surface area contributed by atoms with E-state index < -0.39 is 27.0 Å². The first-order chi connectivity index (χ1) is 19.0. The van der Waals surface area contributed by atoms with Gasteiger partial charge < -0.3 is 14.3 Å². The molecular formula is C28H23ClN4O6S. The molecule has 0 fully saturated rings. The number of benzene rings is 2. The molecule has 0 saturated carbocycles. The van der Waals surface area contributed by atoms with Gasteiger partial charge in [0.05, 0.1) is 28.9 Å². The zero-order valence-electron chi connectivity index (χ0n) is 21.6. The third-order valence-corrected chi connectivity index (χ3v) is 7.71. The van der Waals surface area contributed by atoms with Crippen LogP contribution in [0.2, 0.25) is 5.15 Å². The second kappa shape index (κ2) is 10.6. The van der Waals surface area contributed by atoms with Crippen LogP contribution in [0, 0.1) is 6.92 Å². The monoisotopic (exact) mass is 578 g/mol. The van der Waals surface area contributed by atoms with Gasteiger partial charge in [0.15, 0.2) is 0 Å². The zero-order valence-corrected chi connectivity index (χ0v) is 23.1. The predicted molar refractivity (Wildman–Crippen MR) is 150 cm³/mol. The molecule has 2 N–H and O–H groups in total. The number of aryl methyl sites for hydroxylation is 1. The van der Waals surface area contributed by atoms with E-state index in [1.807, 2.05) is 48.0 Å². The lowest BCUT2D eigenvalue weighted by Gasteiger charge is -2.20. The highest BCUT2D eigenvalue weighted by atomic mass is 35.5. The van der Waals surface area contributed by atoms with Crippen LogP contribution in [0.15, 0.2) is 85.8 Å². The highest BCUT2D eigenvalue weighted by Gasteiger charge is 2.26. The van der Waals surface area contributed by atoms with Gasteiger partial charge in [-0.05, 0) is 37.6 Å². The fraction of sp³-hybridized carbons (Fsp3) is 0.143. The maximum absolute atomic E-state index is 13.9. The lowest BCUT2D eigenvalue weighted by Crippen LogP contribution is -2.29. The summed E-state index contributed by atoms with van der Waals surface area (Å²) in [6.07, 6.45) is 2.84. The van der Waals surface area contributed by atoms with Gasteiger partial charge in [0.25, 0.3) is 10.0 Å². The third kappa shape index (κ3) is 5.21. The fourth-order valence-corrected chi connectivity index (χ4v) is 5.77. The maximum Gasteiger partial charge on any atom is 0.283 e. The first-order valence-corrected chi connectivity index (χ1v) is 13.9. The lowest BCUT2D eigenvalue weighted by molar-refractivity contribution is -0.117. The normalized spacial score (nSPS) is 12.3. The summed E-state index contributed by atoms with van der Waals surface area (Å²) >= 11 is 5.99. The summed E-state index contributed by atoms with van der Waals surface area (Å²) in [5.74, 6) is -0.440. The Bertz CT molecular complexity index is 1910. The second-order valence-corrected chi connectivity index (χ2v) is 11.1. The molecule has 0 radical (unpaired) electrons. The number of amides is 1. The van der Waals surface area contributed by atoms with E-state index in [0.29, 0.717) is 39.0 Å². The van der Waals surface area contributed by atoms with Crippen LogP contribution in [0.3, 0.4) is 0 Å². The summed E-state index contributed by atoms with van der Waals surface area (Å²) in [5, 5.41) is 6.72. The van der Waals surface area contributed by atoms with Gasteiger partial charge in [0.1, 0.15) is 22.8 Å². The Morgan fingerprint density at radius 1 is 1.07 bits per heavy atom. The molecule has 0 bridgehead atoms. The number of carbonyl (C=O) groups excluding carboxylic acids is 1. The molecule has 1 atom stereocenters. The first-order valence-electron chi connectivity index (χ1n) is 12.1. The Morgan fingerprint density at radius 3 is 2.50 bits per heavy atom. The third-order valence-electron chi connectivity index (χ3n) is 6.12. The van der Waals surface area contributed by atoms with Gasteiger partial charge >= 0.3 is 0 Å². The molecule has 0 aliphatic heterocycles. The standard InChI is InChI=1S/C28H23ClN4O6S/c1-15-11-20(16(2)31-22-9-10-23(29)32-28(22)40(36,37)33-17(3)34)27-21(12-15)25(35)24(19-13-30-38-14-19)26(39-27)18-7-5-4-6-8-18/h4-14,16,31H,1-3H3,(H,33,34)/t16-/m1/s1. The Balaban J connectivity index is 1.70. The summed E-state index contributed by atoms with van der Waals surface area (Å²) in [6, 6.07) is 15.1. The largest absolute Gasteiger partial charge is 0.455 e. The highest BCUT2D eigenvalue weighted by molar-refractivity contribution is 7.90. The minimum absolute atomic E-state index is 0.0668. The van der Waals surface area contributed by atoms with E-state index in [4.69, 9.17) is 20.5 Å². The molecule has 0 spiro atoms. The molecular weight excluding hydrogens is 556 g/mol. The molecule has 0 aliphatic rings. The van der Waals surface area contributed by atoms with Crippen LogP contribution in [0.25, 0.3) is 33.4 Å². The summed E-state index contributed by atoms with van der Waals surface area (Å²) < 4.78 is 39.1. The van der Waals surface area contributed by atoms with Crippen molar-refractivity contribution in [3.05, 3.63) is 93.6 Å². The van der Waals surface area contributed by atoms with Gasteiger partial charge in [0, 0.05) is 23.6 Å². The number of aromatic nitrogens is 2. The quantitative estimate of drug-likeness (QED) is 0.240. The first kappa shape index (κ1) is 27.1. The molecule has 3 aromatic heterocycles. The predicted octanol–water partition coefficient (Wildman–Crippen LogP) is 5.47. The second-order valence-electron chi connectivity index (χ2n) is 9.16. The number of nitrogens with one attached hydrogen (secondary N) is 2. The Hall–Kier alpha value is -4.48. The van der Waals surface area contributed by atoms with E-state index in [0.717, 1.165) is 12.5 Å². The van der Waals surface area contributed by atoms with Gasteiger partial charge in [-0.3, -0.25) is 9.59 Å². The van der Waals surface area contributed by atoms with Crippen molar-refractivity contribution in [1.29, 1.82) is 0 Å². The van der Waals surface area contributed by atoms with E-state index in [2.05, 4.69) is 15.5 Å². The molecule has 204 valence electrons. The van der Waals surface area contributed by atoms with Crippen LogP contribution in [-0.2, 0) is 14.8 Å². The number of rotatable bonds is 7. The van der Waals surface area contributed by atoms with Crippen LogP contribution >= 0.6 is 11.6 Å². The smallest absolute Gasteiger partial charge is 0.283 e. The van der Waals surface area contributed by atoms with Crippen LogP contribution < -0.4 is 15.5 Å². The summed E-state index contributed by atoms with van der Waals surface area (Å²) in [7, 11) is -4.32. The number of carbonyl (C=O) groups is 1. The Morgan fingerprint density at radius 2 is 1.82 bits per heavy atom. The van der Waals surface area contributed by atoms with Crippen molar-refractivity contribution in [3.63, 3.8) is 0 Å². The number of hydrogen-bond acceptors (Lipinski definition) is 9. The number of anilines is 1. The van der Waals surface area contributed by atoms with Crippen molar-refractivity contribution in [3.8, 4) is 22.5 Å². The van der Waals surface area contributed by atoms with Crippen molar-refractivity contribution in [2.45, 2.75) is 31.8 Å². The van der Waals surface area contributed by atoms with E-state index >= 15 is 0 Å². The summed E-state index contributed by atoms with van der Waals surface area (Å²) in [4.78, 5) is 29.4. The van der Waals surface area contributed by atoms with Gasteiger partial charge in [-0.25, -0.2) is 9.71 Å². The lowest BCUT2D eigenvalue weighted by atomic mass is 9.96. The average Bonchev–Trinajstić information content (AvgIpc) is 3.44. The average molecular weight is 579 g/mol. The van der Waals surface area contributed by atoms with Gasteiger partial charge in [-0.2, -0.15) is 8.42 Å². The minimum atomic E-state index is -4.32. The number of sulfonamides is 1. The number of hydrogen-bond donors (Lipinski definition) is 2. The van der Waals surface area contributed by atoms with Crippen molar-refractivity contribution in [2.24, 2.45) is 0 Å². The molecule has 0 aliphatic carbocycles. The molecule has 3 heterocycles. The molecule has 40 heavy (non-hydrogen) atoms. The van der Waals surface area contributed by atoms with E-state index in [1.165, 1.54) is 24.6 Å². The van der Waals surface area contributed by atoms with Crippen LogP contribution in [0.5, 0.6) is 0 Å². The Kier molecular flexibility index (Phi) is 7.17. The zero-order chi connectivity index (χ0) is 28.6. The van der Waals surface area contributed by atoms with Crippen molar-refractivity contribution >= 4 is 44.2 Å². The van der Waals surface area contributed by atoms with Gasteiger partial charge in [-0.1, -0.05) is 53.2 Å². The molecule has 5 aromatic rings. The van der Waals surface area contributed by atoms with E-state index in [1.54, 1.807) is 13.0 Å². The number of pyridine rings is 1. The Labute approximate surface area is 234 Å². The van der Waals surface area contributed by atoms with Crippen molar-refractivity contribution < 1.29 is 22.2 Å². The van der Waals surface area contributed by atoms with Gasteiger partial charge in [0.2, 0.25) is 16.4 Å². The number of halogens is 1. The molecule has 2 aromatic carbocycles. The SMILES string of the molecule is CC(=O)NS(=O)(=O)c1nc(Cl)ccc1N[C@H](C)c1cc(C)cc2c(=O)c(-c3cnoc3)c(-c3ccccc3)oc12. The van der Waals surface area contributed by atoms with Crippen LogP contribution in [0.4, 0.5) is 5.69 Å².